The normalized spacial score (nSPS) is 12.8. The molecule has 0 aliphatic heterocycles. The van der Waals surface area contributed by atoms with Gasteiger partial charge in [-0.2, -0.15) is 0 Å². The van der Waals surface area contributed by atoms with Gasteiger partial charge in [0.15, 0.2) is 0 Å². The van der Waals surface area contributed by atoms with Crippen molar-refractivity contribution in [2.45, 2.75) is 110 Å². The van der Waals surface area contributed by atoms with Crippen LogP contribution in [0.3, 0.4) is 0 Å². The fourth-order valence-electron chi connectivity index (χ4n) is 4.44. The van der Waals surface area contributed by atoms with Crippen molar-refractivity contribution < 1.29 is 48.3 Å². The Morgan fingerprint density at radius 1 is 0.769 bits per heavy atom. The van der Waals surface area contributed by atoms with Gasteiger partial charge in [-0.05, 0) is 48.7 Å². The number of hydrogen-bond acceptors (Lipinski definition) is 5. The molecule has 39 heavy (non-hydrogen) atoms. The monoisotopic (exact) mass is 565 g/mol. The van der Waals surface area contributed by atoms with E-state index in [0.717, 1.165) is 30.0 Å². The molecule has 0 saturated heterocycles. The number of nitrogens with zero attached hydrogens (tertiary/aromatic N) is 1. The van der Waals surface area contributed by atoms with E-state index in [1.807, 2.05) is 42.5 Å². The predicted octanol–water partition coefficient (Wildman–Crippen LogP) is 6.21. The molecule has 7 heteroatoms. The Hall–Kier alpha value is -0.940. The van der Waals surface area contributed by atoms with Crippen LogP contribution in [0.1, 0.15) is 121 Å². The van der Waals surface area contributed by atoms with Crippen molar-refractivity contribution in [1.82, 2.24) is 4.98 Å². The average molecular weight is 566 g/mol. The molecular weight excluding hydrogens is 516 g/mol. The third-order valence-corrected chi connectivity index (χ3v) is 8.05. The third-order valence-electron chi connectivity index (χ3n) is 6.64. The first-order valence-electron chi connectivity index (χ1n) is 14.8. The van der Waals surface area contributed by atoms with Crippen molar-refractivity contribution in [3.05, 3.63) is 59.4 Å². The molecule has 1 heterocycles. The van der Waals surface area contributed by atoms with Crippen LogP contribution in [0.25, 0.3) is 12.2 Å². The van der Waals surface area contributed by atoms with Crippen molar-refractivity contribution in [2.24, 2.45) is 0 Å². The molecule has 2 rings (SSSR count). The topological polar surface area (TPSA) is 71.5 Å². The zero-order valence-corrected chi connectivity index (χ0v) is 27.6. The second-order valence-electron chi connectivity index (χ2n) is 10.1. The van der Waals surface area contributed by atoms with Crippen molar-refractivity contribution in [3.63, 3.8) is 0 Å². The van der Waals surface area contributed by atoms with Crippen LogP contribution in [0.15, 0.2) is 42.6 Å². The molecule has 5 nitrogen and oxygen atoms in total. The molecule has 0 radical (unpaired) electrons. The summed E-state index contributed by atoms with van der Waals surface area (Å²) in [6.45, 7) is 4.86. The first-order valence-corrected chi connectivity index (χ1v) is 16.6. The fraction of sp³-hybridized carbons (Fsp3) is 0.594. The van der Waals surface area contributed by atoms with E-state index >= 15 is 0 Å². The van der Waals surface area contributed by atoms with Crippen molar-refractivity contribution in [3.8, 4) is 5.75 Å². The van der Waals surface area contributed by atoms with Gasteiger partial charge in [0.25, 0.3) is 0 Å². The molecule has 0 aliphatic rings. The largest absolute Gasteiger partial charge is 1.00 e. The Bertz CT molecular complexity index is 934. The molecule has 0 fully saturated rings. The zero-order chi connectivity index (χ0) is 27.3. The van der Waals surface area contributed by atoms with Crippen molar-refractivity contribution >= 4 is 19.7 Å². The van der Waals surface area contributed by atoms with Crippen LogP contribution in [0, 0.1) is 0 Å². The van der Waals surface area contributed by atoms with Gasteiger partial charge in [-0.25, -0.2) is 0 Å². The van der Waals surface area contributed by atoms with Crippen LogP contribution in [0.5, 0.6) is 5.75 Å². The zero-order valence-electron chi connectivity index (χ0n) is 24.7. The Kier molecular flexibility index (Phi) is 21.0. The maximum absolute atomic E-state index is 11.8. The number of ether oxygens (including phenoxy) is 1. The smallest absolute Gasteiger partial charge is 0.778 e. The van der Waals surface area contributed by atoms with E-state index in [1.54, 1.807) is 19.2 Å². The van der Waals surface area contributed by atoms with Gasteiger partial charge in [-0.3, -0.25) is 4.98 Å². The Labute approximate surface area is 260 Å². The van der Waals surface area contributed by atoms with Gasteiger partial charge in [-0.1, -0.05) is 115 Å². The molecular formula is C32H49NNaO4P. The Morgan fingerprint density at radius 2 is 1.33 bits per heavy atom. The van der Waals surface area contributed by atoms with E-state index in [-0.39, 0.29) is 42.3 Å². The summed E-state index contributed by atoms with van der Waals surface area (Å²) in [6.07, 6.45) is 24.4. The standard InChI is InChI=1S/C32H50NO4P.Na/c1-3-5-6-7-8-9-10-11-12-13-14-15-16-17-26-36-32-24-20-29(21-25-32)18-22-31-23-19-30(27-33-31)28-38(34,35)37-4-2;/h18-25,27H,3-17,26,28H2,1-2H3,(H,34,35);/q;+1/p-1/b22-18+;. The van der Waals surface area contributed by atoms with Gasteiger partial charge in [-0.15, -0.1) is 0 Å². The minimum Gasteiger partial charge on any atom is -0.778 e. The predicted molar refractivity (Wildman–Crippen MR) is 158 cm³/mol. The van der Waals surface area contributed by atoms with E-state index < -0.39 is 7.60 Å². The molecule has 1 unspecified atom stereocenters. The van der Waals surface area contributed by atoms with E-state index in [1.165, 1.54) is 83.5 Å². The van der Waals surface area contributed by atoms with Gasteiger partial charge in [0, 0.05) is 12.4 Å². The minimum atomic E-state index is -3.84. The van der Waals surface area contributed by atoms with Gasteiger partial charge in [0.1, 0.15) is 13.3 Å². The summed E-state index contributed by atoms with van der Waals surface area (Å²) in [7, 11) is -3.84. The summed E-state index contributed by atoms with van der Waals surface area (Å²) < 4.78 is 22.5. The maximum Gasteiger partial charge on any atom is 1.00 e. The van der Waals surface area contributed by atoms with Gasteiger partial charge >= 0.3 is 29.6 Å². The Balaban J connectivity index is 0.00000760. The van der Waals surface area contributed by atoms with E-state index in [4.69, 9.17) is 9.26 Å². The molecule has 1 aromatic carbocycles. The maximum atomic E-state index is 11.8. The van der Waals surface area contributed by atoms with Crippen molar-refractivity contribution in [1.29, 1.82) is 0 Å². The molecule has 212 valence electrons. The van der Waals surface area contributed by atoms with Crippen LogP contribution in [-0.2, 0) is 15.3 Å². The van der Waals surface area contributed by atoms with Crippen LogP contribution < -0.4 is 39.2 Å². The second kappa shape index (κ2) is 22.7. The first kappa shape index (κ1) is 36.1. The summed E-state index contributed by atoms with van der Waals surface area (Å²) in [4.78, 5) is 16.1. The first-order chi connectivity index (χ1) is 18.5. The van der Waals surface area contributed by atoms with E-state index in [2.05, 4.69) is 11.9 Å². The number of benzene rings is 1. The quantitative estimate of drug-likeness (QED) is 0.0965. The SMILES string of the molecule is CCCCCCCCCCCCCCCCOc1ccc(/C=C/c2ccc(CP(=O)([O-])OCC)cn2)cc1.[Na+]. The minimum absolute atomic E-state index is 0. The van der Waals surface area contributed by atoms with Crippen LogP contribution >= 0.6 is 7.60 Å². The number of rotatable bonds is 22. The molecule has 0 N–H and O–H groups in total. The summed E-state index contributed by atoms with van der Waals surface area (Å²) in [5, 5.41) is 0. The average Bonchev–Trinajstić information content (AvgIpc) is 2.91. The summed E-state index contributed by atoms with van der Waals surface area (Å²) in [6, 6.07) is 11.6. The van der Waals surface area contributed by atoms with Crippen LogP contribution in [0.2, 0.25) is 0 Å². The second-order valence-corrected chi connectivity index (χ2v) is 11.9. The van der Waals surface area contributed by atoms with Crippen LogP contribution in [-0.4, -0.2) is 18.2 Å². The van der Waals surface area contributed by atoms with Gasteiger partial charge < -0.3 is 18.7 Å². The number of pyridine rings is 1. The number of aromatic nitrogens is 1. The molecule has 0 spiro atoms. The summed E-state index contributed by atoms with van der Waals surface area (Å²) in [5.74, 6) is 0.899. The molecule has 0 bridgehead atoms. The van der Waals surface area contributed by atoms with E-state index in [9.17, 15) is 9.46 Å². The summed E-state index contributed by atoms with van der Waals surface area (Å²) in [5.41, 5.74) is 2.44. The molecule has 0 aliphatic carbocycles. The molecule has 0 saturated carbocycles. The van der Waals surface area contributed by atoms with Crippen molar-refractivity contribution in [2.75, 3.05) is 13.2 Å². The fourth-order valence-corrected chi connectivity index (χ4v) is 5.56. The van der Waals surface area contributed by atoms with Gasteiger partial charge in [0.05, 0.1) is 18.9 Å². The van der Waals surface area contributed by atoms with E-state index in [0.29, 0.717) is 5.56 Å². The molecule has 0 amide bonds. The van der Waals surface area contributed by atoms with Crippen LogP contribution in [0.4, 0.5) is 0 Å². The number of unbranched alkanes of at least 4 members (excludes halogenated alkanes) is 13. The molecule has 2 aromatic rings. The molecule has 1 aromatic heterocycles. The third kappa shape index (κ3) is 18.2. The van der Waals surface area contributed by atoms with Gasteiger partial charge in [0.2, 0.25) is 0 Å². The number of hydrogen-bond donors (Lipinski definition) is 0. The summed E-state index contributed by atoms with van der Waals surface area (Å²) >= 11 is 0. The molecule has 1 atom stereocenters. The Morgan fingerprint density at radius 3 is 1.85 bits per heavy atom.